The number of hydrogen-bond acceptors (Lipinski definition) is 2. The molecule has 0 spiro atoms. The summed E-state index contributed by atoms with van der Waals surface area (Å²) in [7, 11) is 0. The lowest BCUT2D eigenvalue weighted by molar-refractivity contribution is -0.135. The molecule has 3 N–H and O–H groups in total. The third-order valence-electron chi connectivity index (χ3n) is 1.96. The zero-order chi connectivity index (χ0) is 11.9. The number of carbonyl (C=O) groups excluding carboxylic acids is 1. The van der Waals surface area contributed by atoms with E-state index in [0.29, 0.717) is 12.8 Å². The van der Waals surface area contributed by atoms with Crippen LogP contribution in [0.4, 0.5) is 13.2 Å². The summed E-state index contributed by atoms with van der Waals surface area (Å²) in [5.41, 5.74) is 5.41. The van der Waals surface area contributed by atoms with E-state index in [0.717, 1.165) is 0 Å². The van der Waals surface area contributed by atoms with Crippen LogP contribution in [0.2, 0.25) is 0 Å². The Balaban J connectivity index is 3.43. The normalized spacial score (nSPS) is 13.7. The summed E-state index contributed by atoms with van der Waals surface area (Å²) in [6, 6.07) is -0.562. The van der Waals surface area contributed by atoms with Crippen LogP contribution in [0.1, 0.15) is 32.6 Å². The predicted molar refractivity (Wildman–Crippen MR) is 51.2 cm³/mol. The maximum Gasteiger partial charge on any atom is 0.389 e. The van der Waals surface area contributed by atoms with Crippen molar-refractivity contribution in [1.82, 2.24) is 5.32 Å². The van der Waals surface area contributed by atoms with E-state index < -0.39 is 18.6 Å². The van der Waals surface area contributed by atoms with Gasteiger partial charge in [0.25, 0.3) is 0 Å². The predicted octanol–water partition coefficient (Wildman–Crippen LogP) is 1.57. The summed E-state index contributed by atoms with van der Waals surface area (Å²) in [6.07, 6.45) is -4.03. The molecule has 0 aliphatic heterocycles. The molecule has 0 aliphatic carbocycles. The third-order valence-corrected chi connectivity index (χ3v) is 1.96. The van der Waals surface area contributed by atoms with Gasteiger partial charge in [0.1, 0.15) is 0 Å². The molecule has 0 aliphatic rings. The van der Waals surface area contributed by atoms with Gasteiger partial charge in [-0.15, -0.1) is 0 Å². The van der Waals surface area contributed by atoms with Gasteiger partial charge in [-0.05, 0) is 19.3 Å². The van der Waals surface area contributed by atoms with E-state index in [1.807, 2.05) is 0 Å². The molecule has 0 bridgehead atoms. The molecule has 90 valence electrons. The highest BCUT2D eigenvalue weighted by molar-refractivity contribution is 5.81. The molecule has 15 heavy (non-hydrogen) atoms. The second-order valence-electron chi connectivity index (χ2n) is 3.38. The topological polar surface area (TPSA) is 55.1 Å². The smallest absolute Gasteiger partial charge is 0.355 e. The van der Waals surface area contributed by atoms with Gasteiger partial charge in [-0.1, -0.05) is 6.92 Å². The van der Waals surface area contributed by atoms with Gasteiger partial charge in [0, 0.05) is 13.0 Å². The van der Waals surface area contributed by atoms with Gasteiger partial charge in [0.15, 0.2) is 0 Å². The first kappa shape index (κ1) is 14.2. The minimum absolute atomic E-state index is 0.0329. The van der Waals surface area contributed by atoms with Gasteiger partial charge in [-0.3, -0.25) is 4.79 Å². The number of alkyl halides is 3. The van der Waals surface area contributed by atoms with Crippen molar-refractivity contribution in [3.8, 4) is 0 Å². The summed E-state index contributed by atoms with van der Waals surface area (Å²) < 4.78 is 35.2. The van der Waals surface area contributed by atoms with Crippen molar-refractivity contribution in [3.63, 3.8) is 0 Å². The van der Waals surface area contributed by atoms with E-state index in [-0.39, 0.29) is 18.9 Å². The minimum atomic E-state index is -4.11. The number of rotatable bonds is 6. The number of nitrogens with one attached hydrogen (secondary N) is 1. The van der Waals surface area contributed by atoms with E-state index in [2.05, 4.69) is 5.32 Å². The van der Waals surface area contributed by atoms with Crippen molar-refractivity contribution in [1.29, 1.82) is 0 Å². The van der Waals surface area contributed by atoms with Crippen LogP contribution in [0.5, 0.6) is 0 Å². The van der Waals surface area contributed by atoms with E-state index in [4.69, 9.17) is 5.73 Å². The Hall–Kier alpha value is -0.780. The molecular formula is C9H17F3N2O. The highest BCUT2D eigenvalue weighted by Crippen LogP contribution is 2.21. The number of halogens is 3. The van der Waals surface area contributed by atoms with Gasteiger partial charge in [0.05, 0.1) is 6.04 Å². The van der Waals surface area contributed by atoms with Gasteiger partial charge in [-0.25, -0.2) is 0 Å². The molecule has 1 unspecified atom stereocenters. The zero-order valence-electron chi connectivity index (χ0n) is 8.73. The molecule has 0 fully saturated rings. The molecule has 0 saturated heterocycles. The van der Waals surface area contributed by atoms with E-state index >= 15 is 0 Å². The van der Waals surface area contributed by atoms with Crippen LogP contribution in [0.25, 0.3) is 0 Å². The molecule has 0 aromatic carbocycles. The molecule has 3 nitrogen and oxygen atoms in total. The van der Waals surface area contributed by atoms with Gasteiger partial charge < -0.3 is 11.1 Å². The van der Waals surface area contributed by atoms with E-state index in [9.17, 15) is 18.0 Å². The van der Waals surface area contributed by atoms with Crippen molar-refractivity contribution < 1.29 is 18.0 Å². The first-order valence-corrected chi connectivity index (χ1v) is 4.97. The highest BCUT2D eigenvalue weighted by Gasteiger charge is 2.25. The lowest BCUT2D eigenvalue weighted by atomic mass is 10.2. The Morgan fingerprint density at radius 2 is 2.00 bits per heavy atom. The highest BCUT2D eigenvalue weighted by atomic mass is 19.4. The summed E-state index contributed by atoms with van der Waals surface area (Å²) in [5.74, 6) is -0.301. The molecule has 0 aromatic heterocycles. The molecule has 1 amide bonds. The monoisotopic (exact) mass is 226 g/mol. The van der Waals surface area contributed by atoms with E-state index in [1.54, 1.807) is 6.92 Å². The molecule has 1 atom stereocenters. The average molecular weight is 226 g/mol. The number of hydrogen-bond donors (Lipinski definition) is 2. The fourth-order valence-electron chi connectivity index (χ4n) is 0.979. The Morgan fingerprint density at radius 3 is 2.47 bits per heavy atom. The third kappa shape index (κ3) is 8.23. The van der Waals surface area contributed by atoms with Crippen LogP contribution in [0, 0.1) is 0 Å². The van der Waals surface area contributed by atoms with Crippen molar-refractivity contribution in [2.45, 2.75) is 44.8 Å². The van der Waals surface area contributed by atoms with Gasteiger partial charge in [-0.2, -0.15) is 13.2 Å². The number of amides is 1. The van der Waals surface area contributed by atoms with Gasteiger partial charge in [0.2, 0.25) is 5.91 Å². The first-order valence-electron chi connectivity index (χ1n) is 4.97. The number of nitrogens with two attached hydrogens (primary N) is 1. The SMILES string of the molecule is CCC(N)C(=O)NCCCCC(F)(F)F. The Kier molecular flexibility index (Phi) is 6.31. The largest absolute Gasteiger partial charge is 0.389 e. The van der Waals surface area contributed by atoms with Crippen molar-refractivity contribution in [2.75, 3.05) is 6.54 Å². The molecule has 0 heterocycles. The zero-order valence-corrected chi connectivity index (χ0v) is 8.73. The van der Waals surface area contributed by atoms with Crippen molar-refractivity contribution in [2.24, 2.45) is 5.73 Å². The van der Waals surface area contributed by atoms with Crippen LogP contribution < -0.4 is 11.1 Å². The van der Waals surface area contributed by atoms with Crippen LogP contribution in [0.3, 0.4) is 0 Å². The average Bonchev–Trinajstić information content (AvgIpc) is 2.14. The molecule has 6 heteroatoms. The molecule has 0 aromatic rings. The van der Waals surface area contributed by atoms with Crippen LogP contribution in [0.15, 0.2) is 0 Å². The van der Waals surface area contributed by atoms with Crippen molar-refractivity contribution >= 4 is 5.91 Å². The van der Waals surface area contributed by atoms with Gasteiger partial charge >= 0.3 is 6.18 Å². The lowest BCUT2D eigenvalue weighted by Gasteiger charge is -2.10. The second kappa shape index (κ2) is 6.66. The minimum Gasteiger partial charge on any atom is -0.355 e. The summed E-state index contributed by atoms with van der Waals surface area (Å²) in [6.45, 7) is 2.02. The summed E-state index contributed by atoms with van der Waals surface area (Å²) in [5, 5.41) is 2.49. The Morgan fingerprint density at radius 1 is 1.40 bits per heavy atom. The lowest BCUT2D eigenvalue weighted by Crippen LogP contribution is -2.40. The maximum atomic E-state index is 11.7. The molecular weight excluding hydrogens is 209 g/mol. The van der Waals surface area contributed by atoms with Crippen LogP contribution >= 0.6 is 0 Å². The molecule has 0 rings (SSSR count). The fourth-order valence-corrected chi connectivity index (χ4v) is 0.979. The molecule has 0 radical (unpaired) electrons. The number of carbonyl (C=O) groups is 1. The second-order valence-corrected chi connectivity index (χ2v) is 3.38. The first-order chi connectivity index (χ1) is 6.87. The van der Waals surface area contributed by atoms with Crippen molar-refractivity contribution in [3.05, 3.63) is 0 Å². The molecule has 0 saturated carbocycles. The van der Waals surface area contributed by atoms with Crippen LogP contribution in [-0.4, -0.2) is 24.7 Å². The fraction of sp³-hybridized carbons (Fsp3) is 0.889. The standard InChI is InChI=1S/C9H17F3N2O/c1-2-7(13)8(15)14-6-4-3-5-9(10,11)12/h7H,2-6,13H2,1H3,(H,14,15). The number of unbranched alkanes of at least 4 members (excludes halogenated alkanes) is 1. The maximum absolute atomic E-state index is 11.7. The summed E-state index contributed by atoms with van der Waals surface area (Å²) in [4.78, 5) is 11.1. The quantitative estimate of drug-likeness (QED) is 0.675. The Labute approximate surface area is 87.2 Å². The van der Waals surface area contributed by atoms with Crippen LogP contribution in [-0.2, 0) is 4.79 Å². The summed E-state index contributed by atoms with van der Waals surface area (Å²) >= 11 is 0. The Bertz CT molecular complexity index is 194. The van der Waals surface area contributed by atoms with E-state index in [1.165, 1.54) is 0 Å².